The SMILES string of the molecule is Cc1nc2c3nc1OP(=O)(O2)O3. The smallest absolute Gasteiger partial charge is 0.365 e. The number of hydrogen-bond acceptors (Lipinski definition) is 6. The second kappa shape index (κ2) is 1.56. The average molecular weight is 186 g/mol. The second-order valence-corrected chi connectivity index (χ2v) is 3.89. The lowest BCUT2D eigenvalue weighted by Gasteiger charge is -2.11. The van der Waals surface area contributed by atoms with Crippen molar-refractivity contribution in [1.29, 1.82) is 0 Å². The van der Waals surface area contributed by atoms with Crippen LogP contribution < -0.4 is 13.6 Å². The molecule has 0 fully saturated rings. The number of rotatable bonds is 0. The number of phosphoric ester groups is 1. The molecule has 0 radical (unpaired) electrons. The van der Waals surface area contributed by atoms with Crippen LogP contribution in [0.4, 0.5) is 0 Å². The van der Waals surface area contributed by atoms with Gasteiger partial charge in [-0.2, -0.15) is 9.55 Å². The van der Waals surface area contributed by atoms with Crippen LogP contribution >= 0.6 is 7.82 Å². The summed E-state index contributed by atoms with van der Waals surface area (Å²) < 4.78 is 25.8. The molecule has 6 nitrogen and oxygen atoms in total. The summed E-state index contributed by atoms with van der Waals surface area (Å²) in [5.74, 6) is 0.531. The van der Waals surface area contributed by atoms with Crippen LogP contribution in [0.2, 0.25) is 0 Å². The summed E-state index contributed by atoms with van der Waals surface area (Å²) >= 11 is 0. The molecule has 62 valence electrons. The Kier molecular flexibility index (Phi) is 0.814. The number of nitrogens with zero attached hydrogens (tertiary/aromatic N) is 2. The number of phosphoric acid groups is 1. The molecule has 1 aromatic rings. The third-order valence-corrected chi connectivity index (χ3v) is 2.75. The van der Waals surface area contributed by atoms with Gasteiger partial charge in [0, 0.05) is 0 Å². The fourth-order valence-corrected chi connectivity index (χ4v) is 2.21. The Balaban J connectivity index is 2.40. The van der Waals surface area contributed by atoms with Gasteiger partial charge < -0.3 is 13.6 Å². The fraction of sp³-hybridized carbons (Fsp3) is 0.200. The van der Waals surface area contributed by atoms with E-state index in [1.54, 1.807) is 6.92 Å². The highest BCUT2D eigenvalue weighted by atomic mass is 31.2. The van der Waals surface area contributed by atoms with E-state index in [1.807, 2.05) is 0 Å². The molecule has 1 aromatic heterocycles. The molecule has 0 aliphatic carbocycles. The molecule has 0 saturated carbocycles. The molecule has 0 saturated heterocycles. The summed E-state index contributed by atoms with van der Waals surface area (Å²) in [5.41, 5.74) is 0.551. The zero-order valence-electron chi connectivity index (χ0n) is 5.97. The topological polar surface area (TPSA) is 70.5 Å². The summed E-state index contributed by atoms with van der Waals surface area (Å²) in [6.45, 7) is 1.69. The molecular formula is C5H3N2O4P. The van der Waals surface area contributed by atoms with Crippen molar-refractivity contribution in [2.24, 2.45) is 0 Å². The highest BCUT2D eigenvalue weighted by Gasteiger charge is 2.48. The Labute approximate surface area is 67.1 Å². The van der Waals surface area contributed by atoms with Crippen LogP contribution in [-0.4, -0.2) is 9.97 Å². The van der Waals surface area contributed by atoms with Crippen LogP contribution in [0.15, 0.2) is 0 Å². The van der Waals surface area contributed by atoms with Crippen LogP contribution in [0, 0.1) is 6.92 Å². The molecule has 1 unspecified atom stereocenters. The minimum absolute atomic E-state index is 0.150. The molecule has 0 aromatic carbocycles. The zero-order chi connectivity index (χ0) is 8.34. The van der Waals surface area contributed by atoms with Crippen molar-refractivity contribution < 1.29 is 18.1 Å². The Morgan fingerprint density at radius 2 is 1.67 bits per heavy atom. The number of aryl methyl sites for hydroxylation is 1. The first kappa shape index (κ1) is 6.25. The lowest BCUT2D eigenvalue weighted by Crippen LogP contribution is -2.05. The zero-order valence-corrected chi connectivity index (χ0v) is 6.87. The first-order valence-electron chi connectivity index (χ1n) is 3.24. The number of aromatic nitrogens is 2. The Morgan fingerprint density at radius 1 is 1.08 bits per heavy atom. The monoisotopic (exact) mass is 186 g/mol. The molecule has 3 heterocycles. The van der Waals surface area contributed by atoms with E-state index in [1.165, 1.54) is 0 Å². The van der Waals surface area contributed by atoms with Crippen LogP contribution in [0.1, 0.15) is 5.69 Å². The van der Waals surface area contributed by atoms with E-state index in [0.29, 0.717) is 5.69 Å². The van der Waals surface area contributed by atoms with Gasteiger partial charge in [-0.25, -0.2) is 4.98 Å². The summed E-state index contributed by atoms with van der Waals surface area (Å²) in [4.78, 5) is 7.79. The Hall–Kier alpha value is -1.29. The van der Waals surface area contributed by atoms with Crippen LogP contribution in [-0.2, 0) is 4.57 Å². The highest BCUT2D eigenvalue weighted by molar-refractivity contribution is 7.50. The van der Waals surface area contributed by atoms with Crippen molar-refractivity contribution in [3.63, 3.8) is 0 Å². The maximum atomic E-state index is 11.4. The van der Waals surface area contributed by atoms with Crippen molar-refractivity contribution >= 4 is 7.82 Å². The number of fused-ring (bicyclic) bond motifs is 2. The molecule has 0 spiro atoms. The van der Waals surface area contributed by atoms with Crippen LogP contribution in [0.25, 0.3) is 0 Å². The maximum Gasteiger partial charge on any atom is 0.651 e. The van der Waals surface area contributed by atoms with Gasteiger partial charge in [-0.15, -0.1) is 0 Å². The van der Waals surface area contributed by atoms with Crippen LogP contribution in [0.5, 0.6) is 17.6 Å². The van der Waals surface area contributed by atoms with Crippen molar-refractivity contribution in [3.05, 3.63) is 5.69 Å². The molecule has 12 heavy (non-hydrogen) atoms. The van der Waals surface area contributed by atoms with E-state index in [9.17, 15) is 4.57 Å². The first-order valence-corrected chi connectivity index (χ1v) is 4.70. The Morgan fingerprint density at radius 3 is 2.42 bits per heavy atom. The molecule has 7 heteroatoms. The van der Waals surface area contributed by atoms with Crippen molar-refractivity contribution in [2.75, 3.05) is 0 Å². The standard InChI is InChI=1S/C5H3N2O4P/c1-2-3-7-5-4(6-2)10-12(8,9-3)11-5/h1H3. The quantitative estimate of drug-likeness (QED) is 0.564. The van der Waals surface area contributed by atoms with Gasteiger partial charge >= 0.3 is 7.82 Å². The predicted molar refractivity (Wildman–Crippen MR) is 36.3 cm³/mol. The fourth-order valence-electron chi connectivity index (χ4n) is 1.05. The van der Waals surface area contributed by atoms with Crippen LogP contribution in [0.3, 0.4) is 0 Å². The summed E-state index contributed by atoms with van der Waals surface area (Å²) in [6, 6.07) is 0. The third kappa shape index (κ3) is 0.587. The van der Waals surface area contributed by atoms with Crippen molar-refractivity contribution in [2.45, 2.75) is 6.92 Å². The molecule has 2 aliphatic heterocycles. The van der Waals surface area contributed by atoms with Gasteiger partial charge in [0.25, 0.3) is 17.6 Å². The van der Waals surface area contributed by atoms with Gasteiger partial charge in [0.2, 0.25) is 0 Å². The second-order valence-electron chi connectivity index (χ2n) is 2.45. The summed E-state index contributed by atoms with van der Waals surface area (Å²) in [7, 11) is -3.43. The third-order valence-electron chi connectivity index (χ3n) is 1.56. The predicted octanol–water partition coefficient (Wildman–Crippen LogP) is 1.06. The molecule has 2 aliphatic rings. The van der Waals surface area contributed by atoms with E-state index in [0.717, 1.165) is 0 Å². The normalized spacial score (nSPS) is 27.8. The lowest BCUT2D eigenvalue weighted by atomic mass is 10.5. The van der Waals surface area contributed by atoms with E-state index in [-0.39, 0.29) is 17.6 Å². The minimum atomic E-state index is -3.43. The van der Waals surface area contributed by atoms with Crippen molar-refractivity contribution in [3.8, 4) is 17.6 Å². The number of hydrogen-bond donors (Lipinski definition) is 0. The van der Waals surface area contributed by atoms with Gasteiger partial charge in [-0.3, -0.25) is 0 Å². The van der Waals surface area contributed by atoms with E-state index in [2.05, 4.69) is 9.97 Å². The molecular weight excluding hydrogens is 183 g/mol. The average Bonchev–Trinajstić information content (AvgIpc) is 2.14. The van der Waals surface area contributed by atoms with E-state index >= 15 is 0 Å². The molecule has 3 bridgehead atoms. The van der Waals surface area contributed by atoms with Gasteiger partial charge in [0.15, 0.2) is 0 Å². The maximum absolute atomic E-state index is 11.4. The minimum Gasteiger partial charge on any atom is -0.365 e. The van der Waals surface area contributed by atoms with E-state index < -0.39 is 7.82 Å². The first-order chi connectivity index (χ1) is 5.66. The molecule has 3 rings (SSSR count). The van der Waals surface area contributed by atoms with Gasteiger partial charge in [0.05, 0.1) is 0 Å². The molecule has 0 amide bonds. The molecule has 1 atom stereocenters. The highest BCUT2D eigenvalue weighted by Crippen LogP contribution is 2.61. The molecule has 0 N–H and O–H groups in total. The van der Waals surface area contributed by atoms with Crippen molar-refractivity contribution in [1.82, 2.24) is 9.97 Å². The lowest BCUT2D eigenvalue weighted by molar-refractivity contribution is 0.312. The van der Waals surface area contributed by atoms with Gasteiger partial charge in [-0.05, 0) is 6.92 Å². The largest absolute Gasteiger partial charge is 0.651 e. The summed E-state index contributed by atoms with van der Waals surface area (Å²) in [6.07, 6.45) is 0. The van der Waals surface area contributed by atoms with Gasteiger partial charge in [-0.1, -0.05) is 0 Å². The van der Waals surface area contributed by atoms with E-state index in [4.69, 9.17) is 13.6 Å². The summed E-state index contributed by atoms with van der Waals surface area (Å²) in [5, 5.41) is 0. The van der Waals surface area contributed by atoms with Gasteiger partial charge in [0.1, 0.15) is 5.69 Å². The Bertz CT molecular complexity index is 425.